The number of methoxy groups -OCH3 is 1. The van der Waals surface area contributed by atoms with E-state index in [0.29, 0.717) is 66.2 Å². The van der Waals surface area contributed by atoms with Gasteiger partial charge in [-0.2, -0.15) is 0 Å². The Bertz CT molecular complexity index is 2080. The number of aryl methyl sites for hydroxylation is 1. The molecular weight excluding hydrogens is 693 g/mol. The molecule has 1 atom stereocenters. The quantitative estimate of drug-likeness (QED) is 0.127. The summed E-state index contributed by atoms with van der Waals surface area (Å²) in [4.78, 5) is 21.0. The third-order valence-corrected chi connectivity index (χ3v) is 10.8. The van der Waals surface area contributed by atoms with Crippen molar-refractivity contribution < 1.29 is 18.3 Å². The van der Waals surface area contributed by atoms with Gasteiger partial charge >= 0.3 is 0 Å². The van der Waals surface area contributed by atoms with Gasteiger partial charge in [-0.1, -0.05) is 59.6 Å². The molecular formula is C39H40Cl2F2N6O2. The molecule has 1 aliphatic heterocycles. The first-order valence-corrected chi connectivity index (χ1v) is 18.0. The fraction of sp³-hybridized carbons (Fsp3) is 0.359. The summed E-state index contributed by atoms with van der Waals surface area (Å²) in [5.74, 6) is -1.95. The van der Waals surface area contributed by atoms with Crippen LogP contribution in [0.15, 0.2) is 67.0 Å². The zero-order valence-corrected chi connectivity index (χ0v) is 30.1. The molecule has 3 N–H and O–H groups in total. The minimum atomic E-state index is -2.54. The van der Waals surface area contributed by atoms with Crippen molar-refractivity contribution in [3.05, 3.63) is 88.2 Å². The van der Waals surface area contributed by atoms with E-state index in [2.05, 4.69) is 43.8 Å². The van der Waals surface area contributed by atoms with Crippen LogP contribution in [0.2, 0.25) is 10.0 Å². The van der Waals surface area contributed by atoms with E-state index in [0.717, 1.165) is 50.7 Å². The standard InChI is InChI=1S/C39H40Cl2F2N6O2/c1-49-22-25(20-46-26-12-15-39(42,43)16-13-26)28-9-6-23(18-33(28)49)37-36(41)30(14-17-45-37)29-4-3-5-31(35(29)40)32-10-7-24(38(48-32)51-2)19-44-21-27-8-11-34(50)47-27/h3-7,9-10,14,17-18,22,26-27,44,46H,8,11-13,15-16,19-21H2,1-2H3,(H,47,50)/t27-/m0/s1. The number of alkyl halides is 2. The Labute approximate surface area is 305 Å². The van der Waals surface area contributed by atoms with E-state index >= 15 is 0 Å². The van der Waals surface area contributed by atoms with Crippen molar-refractivity contribution in [1.82, 2.24) is 30.5 Å². The lowest BCUT2D eigenvalue weighted by molar-refractivity contribution is -0.119. The summed E-state index contributed by atoms with van der Waals surface area (Å²) in [6, 6.07) is 17.9. The summed E-state index contributed by atoms with van der Waals surface area (Å²) in [7, 11) is 3.59. The molecule has 7 rings (SSSR count). The number of ether oxygens (including phenoxy) is 1. The summed E-state index contributed by atoms with van der Waals surface area (Å²) in [6.45, 7) is 1.82. The number of nitrogens with zero attached hydrogens (tertiary/aromatic N) is 3. The van der Waals surface area contributed by atoms with E-state index in [1.165, 1.54) is 0 Å². The predicted molar refractivity (Wildman–Crippen MR) is 198 cm³/mol. The van der Waals surface area contributed by atoms with Crippen molar-refractivity contribution >= 4 is 40.0 Å². The van der Waals surface area contributed by atoms with Crippen molar-refractivity contribution in [3.8, 4) is 39.5 Å². The monoisotopic (exact) mass is 732 g/mol. The zero-order valence-electron chi connectivity index (χ0n) is 28.5. The molecule has 2 aliphatic rings. The van der Waals surface area contributed by atoms with Crippen LogP contribution in [0, 0.1) is 0 Å². The predicted octanol–water partition coefficient (Wildman–Crippen LogP) is 8.32. The van der Waals surface area contributed by atoms with Crippen LogP contribution in [0.3, 0.4) is 0 Å². The number of hydrogen-bond donors (Lipinski definition) is 3. The molecule has 0 spiro atoms. The normalized spacial score (nSPS) is 17.6. The van der Waals surface area contributed by atoms with Gasteiger partial charge in [-0.3, -0.25) is 9.78 Å². The van der Waals surface area contributed by atoms with E-state index in [9.17, 15) is 13.6 Å². The minimum Gasteiger partial charge on any atom is -0.481 e. The third kappa shape index (κ3) is 7.60. The van der Waals surface area contributed by atoms with Crippen LogP contribution >= 0.6 is 23.2 Å². The molecule has 2 fully saturated rings. The Morgan fingerprint density at radius 1 is 0.980 bits per heavy atom. The van der Waals surface area contributed by atoms with E-state index in [1.807, 2.05) is 49.5 Å². The molecule has 266 valence electrons. The molecule has 0 unspecified atom stereocenters. The van der Waals surface area contributed by atoms with Crippen molar-refractivity contribution in [1.29, 1.82) is 0 Å². The number of carbonyl (C=O) groups excluding carboxylic acids is 1. The average molecular weight is 734 g/mol. The lowest BCUT2D eigenvalue weighted by Crippen LogP contribution is -2.36. The maximum atomic E-state index is 13.6. The SMILES string of the molecule is COc1nc(-c2cccc(-c3ccnc(-c4ccc5c(CNC6CCC(F)(F)CC6)cn(C)c5c4)c3Cl)c2Cl)ccc1CNC[C@@H]1CCC(=O)N1. The highest BCUT2D eigenvalue weighted by Crippen LogP contribution is 2.42. The Morgan fingerprint density at radius 2 is 1.76 bits per heavy atom. The van der Waals surface area contributed by atoms with E-state index in [-0.39, 0.29) is 30.8 Å². The van der Waals surface area contributed by atoms with Crippen molar-refractivity contribution in [3.63, 3.8) is 0 Å². The molecule has 12 heteroatoms. The Morgan fingerprint density at radius 3 is 2.53 bits per heavy atom. The third-order valence-electron chi connectivity index (χ3n) is 10.0. The number of nitrogens with one attached hydrogen (secondary N) is 3. The molecule has 1 saturated heterocycles. The van der Waals surface area contributed by atoms with Gasteiger partial charge in [0, 0.05) is 109 Å². The number of rotatable bonds is 11. The van der Waals surface area contributed by atoms with Crippen LogP contribution in [0.4, 0.5) is 8.78 Å². The Hall–Kier alpha value is -4.09. The lowest BCUT2D eigenvalue weighted by Gasteiger charge is -2.28. The molecule has 2 aromatic carbocycles. The first-order valence-electron chi connectivity index (χ1n) is 17.3. The number of pyridine rings is 2. The number of aromatic nitrogens is 3. The fourth-order valence-electron chi connectivity index (χ4n) is 7.19. The second-order valence-electron chi connectivity index (χ2n) is 13.5. The van der Waals surface area contributed by atoms with Crippen LogP contribution in [-0.2, 0) is 24.9 Å². The number of hydrogen-bond acceptors (Lipinski definition) is 6. The van der Waals surface area contributed by atoms with Gasteiger partial charge in [-0.05, 0) is 43.0 Å². The smallest absolute Gasteiger partial charge is 0.248 e. The second kappa shape index (κ2) is 14.9. The van der Waals surface area contributed by atoms with Crippen LogP contribution < -0.4 is 20.7 Å². The Kier molecular flexibility index (Phi) is 10.3. The molecule has 4 heterocycles. The summed E-state index contributed by atoms with van der Waals surface area (Å²) in [6.07, 6.45) is 6.05. The van der Waals surface area contributed by atoms with Gasteiger partial charge < -0.3 is 25.3 Å². The van der Waals surface area contributed by atoms with Gasteiger partial charge in [0.05, 0.1) is 28.5 Å². The fourth-order valence-corrected chi connectivity index (χ4v) is 7.83. The molecule has 51 heavy (non-hydrogen) atoms. The summed E-state index contributed by atoms with van der Waals surface area (Å²) < 4.78 is 35.0. The van der Waals surface area contributed by atoms with Crippen LogP contribution in [-0.4, -0.2) is 52.1 Å². The van der Waals surface area contributed by atoms with E-state index < -0.39 is 5.92 Å². The summed E-state index contributed by atoms with van der Waals surface area (Å²) in [5.41, 5.74) is 7.43. The van der Waals surface area contributed by atoms with Crippen molar-refractivity contribution in [2.24, 2.45) is 7.05 Å². The average Bonchev–Trinajstić information content (AvgIpc) is 3.69. The van der Waals surface area contributed by atoms with Gasteiger partial charge in [0.15, 0.2) is 0 Å². The number of benzene rings is 2. The summed E-state index contributed by atoms with van der Waals surface area (Å²) in [5, 5.41) is 11.9. The molecule has 5 aromatic rings. The Balaban J connectivity index is 1.11. The van der Waals surface area contributed by atoms with Gasteiger partial charge in [0.1, 0.15) is 0 Å². The molecule has 1 amide bonds. The molecule has 0 radical (unpaired) electrons. The minimum absolute atomic E-state index is 0.0621. The van der Waals surface area contributed by atoms with Crippen molar-refractivity contribution in [2.45, 2.75) is 69.6 Å². The molecule has 8 nitrogen and oxygen atoms in total. The van der Waals surface area contributed by atoms with Crippen LogP contribution in [0.25, 0.3) is 44.5 Å². The molecule has 1 aliphatic carbocycles. The van der Waals surface area contributed by atoms with Gasteiger partial charge in [0.2, 0.25) is 17.7 Å². The van der Waals surface area contributed by atoms with E-state index in [4.69, 9.17) is 32.9 Å². The number of amides is 1. The lowest BCUT2D eigenvalue weighted by atomic mass is 9.92. The first-order chi connectivity index (χ1) is 24.6. The molecule has 3 aromatic heterocycles. The highest BCUT2D eigenvalue weighted by Gasteiger charge is 2.34. The highest BCUT2D eigenvalue weighted by atomic mass is 35.5. The molecule has 1 saturated carbocycles. The first kappa shape index (κ1) is 35.3. The van der Waals surface area contributed by atoms with Crippen molar-refractivity contribution in [2.75, 3.05) is 13.7 Å². The maximum absolute atomic E-state index is 13.6. The van der Waals surface area contributed by atoms with Gasteiger partial charge in [0.25, 0.3) is 0 Å². The highest BCUT2D eigenvalue weighted by molar-refractivity contribution is 6.39. The number of fused-ring (bicyclic) bond motifs is 1. The zero-order chi connectivity index (χ0) is 35.7. The topological polar surface area (TPSA) is 93.1 Å². The molecule has 0 bridgehead atoms. The number of halogens is 4. The van der Waals surface area contributed by atoms with E-state index in [1.54, 1.807) is 13.3 Å². The maximum Gasteiger partial charge on any atom is 0.248 e. The van der Waals surface area contributed by atoms with Gasteiger partial charge in [-0.25, -0.2) is 13.8 Å². The van der Waals surface area contributed by atoms with Crippen LogP contribution in [0.1, 0.15) is 49.7 Å². The van der Waals surface area contributed by atoms with Crippen LogP contribution in [0.5, 0.6) is 5.88 Å². The summed E-state index contributed by atoms with van der Waals surface area (Å²) >= 11 is 14.2. The second-order valence-corrected chi connectivity index (χ2v) is 14.3. The largest absolute Gasteiger partial charge is 0.481 e. The number of carbonyl (C=O) groups is 1. The van der Waals surface area contributed by atoms with Gasteiger partial charge in [-0.15, -0.1) is 0 Å².